The molecule has 29 heavy (non-hydrogen) atoms. The van der Waals surface area contributed by atoms with Gasteiger partial charge in [-0.1, -0.05) is 103 Å². The minimum Gasteiger partial charge on any atom is -0.309 e. The van der Waals surface area contributed by atoms with Crippen molar-refractivity contribution < 1.29 is 4.57 Å². The van der Waals surface area contributed by atoms with Crippen LogP contribution in [0.15, 0.2) is 97.1 Å². The van der Waals surface area contributed by atoms with Gasteiger partial charge in [0.2, 0.25) is 0 Å². The highest BCUT2D eigenvalue weighted by Gasteiger charge is 2.32. The molecule has 0 amide bonds. The predicted octanol–water partition coefficient (Wildman–Crippen LogP) is 5.92. The molecule has 0 aliphatic heterocycles. The van der Waals surface area contributed by atoms with Crippen molar-refractivity contribution in [3.8, 4) is 11.1 Å². The number of rotatable bonds is 4. The van der Waals surface area contributed by atoms with Gasteiger partial charge in [0.1, 0.15) is 0 Å². The Morgan fingerprint density at radius 2 is 1.03 bits per heavy atom. The fourth-order valence-corrected chi connectivity index (χ4v) is 7.13. The summed E-state index contributed by atoms with van der Waals surface area (Å²) in [5.74, 6) is 0. The van der Waals surface area contributed by atoms with Crippen LogP contribution < -0.4 is 15.9 Å². The smallest absolute Gasteiger partial charge is 0.171 e. The van der Waals surface area contributed by atoms with Crippen molar-refractivity contribution in [2.45, 2.75) is 20.8 Å². The molecule has 1 nitrogen and oxygen atoms in total. The Labute approximate surface area is 173 Å². The van der Waals surface area contributed by atoms with E-state index in [-0.39, 0.29) is 0 Å². The summed E-state index contributed by atoms with van der Waals surface area (Å²) >= 11 is 0. The van der Waals surface area contributed by atoms with E-state index in [1.54, 1.807) is 0 Å². The standard InChI is InChI=1S/C27H25OP/c1-20-18-21(2)27(22(3)19-20)25-16-10-11-17-26(25)29(28,23-12-6-4-7-13-23)24-14-8-5-9-15-24/h4-19H,1-3H3. The van der Waals surface area contributed by atoms with Gasteiger partial charge in [0.25, 0.3) is 0 Å². The summed E-state index contributed by atoms with van der Waals surface area (Å²) in [4.78, 5) is 0. The Morgan fingerprint density at radius 3 is 1.55 bits per heavy atom. The van der Waals surface area contributed by atoms with Crippen molar-refractivity contribution in [3.05, 3.63) is 114 Å². The third-order valence-electron chi connectivity index (χ3n) is 5.43. The molecule has 0 saturated carbocycles. The fraction of sp³-hybridized carbons (Fsp3) is 0.111. The molecule has 0 aromatic heterocycles. The lowest BCUT2D eigenvalue weighted by Gasteiger charge is -2.24. The first-order chi connectivity index (χ1) is 14.0. The molecule has 0 atom stereocenters. The number of hydrogen-bond acceptors (Lipinski definition) is 1. The zero-order valence-electron chi connectivity index (χ0n) is 17.1. The van der Waals surface area contributed by atoms with Crippen LogP contribution >= 0.6 is 7.14 Å². The monoisotopic (exact) mass is 396 g/mol. The topological polar surface area (TPSA) is 17.1 Å². The lowest BCUT2D eigenvalue weighted by atomic mass is 9.94. The number of aryl methyl sites for hydroxylation is 3. The Hall–Kier alpha value is -2.89. The second-order valence-corrected chi connectivity index (χ2v) is 10.3. The quantitative estimate of drug-likeness (QED) is 0.392. The molecule has 0 radical (unpaired) electrons. The van der Waals surface area contributed by atoms with Crippen molar-refractivity contribution in [1.29, 1.82) is 0 Å². The first kappa shape index (κ1) is 19.4. The van der Waals surface area contributed by atoms with Crippen LogP contribution in [0.5, 0.6) is 0 Å². The van der Waals surface area contributed by atoms with Crippen LogP contribution in [-0.4, -0.2) is 0 Å². The first-order valence-corrected chi connectivity index (χ1v) is 11.6. The van der Waals surface area contributed by atoms with E-state index in [1.165, 1.54) is 22.3 Å². The number of benzene rings is 4. The average Bonchev–Trinajstić information content (AvgIpc) is 2.74. The van der Waals surface area contributed by atoms with Gasteiger partial charge < -0.3 is 4.57 Å². The molecule has 144 valence electrons. The van der Waals surface area contributed by atoms with Crippen LogP contribution in [-0.2, 0) is 4.57 Å². The van der Waals surface area contributed by atoms with Gasteiger partial charge in [-0.2, -0.15) is 0 Å². The summed E-state index contributed by atoms with van der Waals surface area (Å²) in [5.41, 5.74) is 5.90. The van der Waals surface area contributed by atoms with E-state index in [0.29, 0.717) is 0 Å². The SMILES string of the molecule is Cc1cc(C)c(-c2ccccc2P(=O)(c2ccccc2)c2ccccc2)c(C)c1. The van der Waals surface area contributed by atoms with Crippen LogP contribution in [0.1, 0.15) is 16.7 Å². The van der Waals surface area contributed by atoms with Crippen LogP contribution in [0.2, 0.25) is 0 Å². The highest BCUT2D eigenvalue weighted by molar-refractivity contribution is 7.85. The molecule has 0 saturated heterocycles. The molecule has 4 aromatic rings. The summed E-state index contributed by atoms with van der Waals surface area (Å²) in [6, 6.07) is 32.3. The summed E-state index contributed by atoms with van der Waals surface area (Å²) in [5, 5.41) is 2.62. The molecule has 0 N–H and O–H groups in total. The molecular weight excluding hydrogens is 371 g/mol. The van der Waals surface area contributed by atoms with E-state index in [2.05, 4.69) is 39.0 Å². The summed E-state index contributed by atoms with van der Waals surface area (Å²) in [6.45, 7) is 6.40. The lowest BCUT2D eigenvalue weighted by Crippen LogP contribution is -2.26. The zero-order valence-corrected chi connectivity index (χ0v) is 18.0. The van der Waals surface area contributed by atoms with Crippen LogP contribution in [0.4, 0.5) is 0 Å². The molecule has 0 bridgehead atoms. The van der Waals surface area contributed by atoms with Crippen LogP contribution in [0, 0.1) is 20.8 Å². The fourth-order valence-electron chi connectivity index (χ4n) is 4.27. The van der Waals surface area contributed by atoms with E-state index in [9.17, 15) is 4.57 Å². The molecule has 0 heterocycles. The van der Waals surface area contributed by atoms with Crippen molar-refractivity contribution in [2.75, 3.05) is 0 Å². The Bertz CT molecular complexity index is 1130. The minimum absolute atomic E-state index is 0.862. The maximum atomic E-state index is 14.9. The average molecular weight is 396 g/mol. The van der Waals surface area contributed by atoms with Crippen molar-refractivity contribution in [2.24, 2.45) is 0 Å². The Balaban J connectivity index is 2.07. The van der Waals surface area contributed by atoms with E-state index < -0.39 is 7.14 Å². The third-order valence-corrected chi connectivity index (χ3v) is 8.55. The molecule has 4 rings (SSSR count). The van der Waals surface area contributed by atoms with Gasteiger partial charge in [-0.05, 0) is 43.0 Å². The lowest BCUT2D eigenvalue weighted by molar-refractivity contribution is 0.592. The van der Waals surface area contributed by atoms with Crippen LogP contribution in [0.3, 0.4) is 0 Å². The summed E-state index contributed by atoms with van der Waals surface area (Å²) in [6.07, 6.45) is 0. The highest BCUT2D eigenvalue weighted by atomic mass is 31.2. The largest absolute Gasteiger partial charge is 0.309 e. The van der Waals surface area contributed by atoms with E-state index in [0.717, 1.165) is 21.5 Å². The van der Waals surface area contributed by atoms with Gasteiger partial charge in [0.05, 0.1) is 0 Å². The second kappa shape index (κ2) is 7.85. The molecule has 0 spiro atoms. The van der Waals surface area contributed by atoms with Crippen molar-refractivity contribution >= 4 is 23.1 Å². The molecule has 0 unspecified atom stereocenters. The van der Waals surface area contributed by atoms with E-state index in [1.807, 2.05) is 78.9 Å². The first-order valence-electron chi connectivity index (χ1n) is 9.91. The van der Waals surface area contributed by atoms with E-state index >= 15 is 0 Å². The molecule has 0 aliphatic carbocycles. The van der Waals surface area contributed by atoms with Gasteiger partial charge in [0, 0.05) is 15.9 Å². The molecule has 2 heteroatoms. The van der Waals surface area contributed by atoms with Gasteiger partial charge in [-0.3, -0.25) is 0 Å². The maximum Gasteiger partial charge on any atom is 0.171 e. The Morgan fingerprint density at radius 1 is 0.586 bits per heavy atom. The van der Waals surface area contributed by atoms with Gasteiger partial charge >= 0.3 is 0 Å². The third kappa shape index (κ3) is 3.48. The van der Waals surface area contributed by atoms with Gasteiger partial charge in [-0.15, -0.1) is 0 Å². The predicted molar refractivity (Wildman–Crippen MR) is 125 cm³/mol. The minimum atomic E-state index is -3.03. The normalized spacial score (nSPS) is 11.4. The second-order valence-electron chi connectivity index (χ2n) is 7.57. The zero-order chi connectivity index (χ0) is 20.4. The van der Waals surface area contributed by atoms with E-state index in [4.69, 9.17) is 0 Å². The number of hydrogen-bond donors (Lipinski definition) is 0. The van der Waals surface area contributed by atoms with Crippen molar-refractivity contribution in [1.82, 2.24) is 0 Å². The summed E-state index contributed by atoms with van der Waals surface area (Å²) < 4.78 is 14.9. The maximum absolute atomic E-state index is 14.9. The molecule has 0 aliphatic rings. The Kier molecular flexibility index (Phi) is 5.26. The van der Waals surface area contributed by atoms with Gasteiger partial charge in [0.15, 0.2) is 7.14 Å². The van der Waals surface area contributed by atoms with Gasteiger partial charge in [-0.25, -0.2) is 0 Å². The molecule has 4 aromatic carbocycles. The molecular formula is C27H25OP. The summed E-state index contributed by atoms with van der Waals surface area (Å²) in [7, 11) is -3.03. The molecule has 0 fully saturated rings. The van der Waals surface area contributed by atoms with Crippen LogP contribution in [0.25, 0.3) is 11.1 Å². The van der Waals surface area contributed by atoms with Crippen molar-refractivity contribution in [3.63, 3.8) is 0 Å². The highest BCUT2D eigenvalue weighted by Crippen LogP contribution is 2.45.